The van der Waals surface area contributed by atoms with E-state index >= 15 is 0 Å². The summed E-state index contributed by atoms with van der Waals surface area (Å²) >= 11 is 0. The predicted octanol–water partition coefficient (Wildman–Crippen LogP) is 2.00. The second-order valence-corrected chi connectivity index (χ2v) is 6.85. The fourth-order valence-electron chi connectivity index (χ4n) is 2.97. The third-order valence-electron chi connectivity index (χ3n) is 4.57. The molecule has 0 amide bonds. The minimum Gasteiger partial charge on any atom is -0.371 e. The zero-order chi connectivity index (χ0) is 12.5. The topological polar surface area (TPSA) is 38.5 Å². The van der Waals surface area contributed by atoms with Gasteiger partial charge in [0, 0.05) is 6.54 Å². The van der Waals surface area contributed by atoms with E-state index in [1.165, 1.54) is 38.8 Å². The van der Waals surface area contributed by atoms with Gasteiger partial charge in [-0.3, -0.25) is 0 Å². The first-order valence-corrected chi connectivity index (χ1v) is 7.03. The standard InChI is InChI=1S/C14H28N2O/c1-13(2)5-4-12(17-13)10-16-8-6-14(3,11-15)7-9-16/h12H,4-11,15H2,1-3H3. The van der Waals surface area contributed by atoms with E-state index in [4.69, 9.17) is 10.5 Å². The summed E-state index contributed by atoms with van der Waals surface area (Å²) in [4.78, 5) is 2.56. The SMILES string of the molecule is CC1(CN)CCN(CC2CCC(C)(C)O2)CC1. The molecule has 0 bridgehead atoms. The number of hydrogen-bond donors (Lipinski definition) is 1. The summed E-state index contributed by atoms with van der Waals surface area (Å²) < 4.78 is 6.06. The summed E-state index contributed by atoms with van der Waals surface area (Å²) in [5.41, 5.74) is 6.32. The van der Waals surface area contributed by atoms with Crippen LogP contribution in [0.3, 0.4) is 0 Å². The number of nitrogens with zero attached hydrogens (tertiary/aromatic N) is 1. The van der Waals surface area contributed by atoms with E-state index in [1.54, 1.807) is 0 Å². The Labute approximate surface area is 106 Å². The Kier molecular flexibility index (Phi) is 3.81. The van der Waals surface area contributed by atoms with Crippen LogP contribution >= 0.6 is 0 Å². The van der Waals surface area contributed by atoms with Gasteiger partial charge in [-0.1, -0.05) is 6.92 Å². The Morgan fingerprint density at radius 1 is 1.18 bits per heavy atom. The highest BCUT2D eigenvalue weighted by Crippen LogP contribution is 2.32. The largest absolute Gasteiger partial charge is 0.371 e. The summed E-state index contributed by atoms with van der Waals surface area (Å²) in [6.07, 6.45) is 5.34. The number of ether oxygens (including phenoxy) is 1. The highest BCUT2D eigenvalue weighted by molar-refractivity contribution is 4.87. The highest BCUT2D eigenvalue weighted by atomic mass is 16.5. The molecular weight excluding hydrogens is 212 g/mol. The van der Waals surface area contributed by atoms with Gasteiger partial charge < -0.3 is 15.4 Å². The molecule has 0 radical (unpaired) electrons. The first kappa shape index (κ1) is 13.3. The number of likely N-dealkylation sites (tertiary alicyclic amines) is 1. The van der Waals surface area contributed by atoms with Crippen LogP contribution < -0.4 is 5.73 Å². The molecule has 0 spiro atoms. The molecule has 1 atom stereocenters. The van der Waals surface area contributed by atoms with Crippen molar-refractivity contribution in [1.29, 1.82) is 0 Å². The highest BCUT2D eigenvalue weighted by Gasteiger charge is 2.34. The van der Waals surface area contributed by atoms with Gasteiger partial charge >= 0.3 is 0 Å². The lowest BCUT2D eigenvalue weighted by atomic mass is 9.80. The third kappa shape index (κ3) is 3.43. The molecule has 0 aromatic carbocycles. The lowest BCUT2D eigenvalue weighted by molar-refractivity contribution is -0.0346. The quantitative estimate of drug-likeness (QED) is 0.820. The second-order valence-electron chi connectivity index (χ2n) is 6.85. The Hall–Kier alpha value is -0.120. The van der Waals surface area contributed by atoms with E-state index < -0.39 is 0 Å². The second kappa shape index (κ2) is 4.87. The molecule has 2 aliphatic heterocycles. The predicted molar refractivity (Wildman–Crippen MR) is 71.0 cm³/mol. The summed E-state index contributed by atoms with van der Waals surface area (Å²) in [6.45, 7) is 11.0. The molecule has 2 aliphatic rings. The molecule has 2 fully saturated rings. The molecule has 2 heterocycles. The van der Waals surface area contributed by atoms with E-state index in [2.05, 4.69) is 25.7 Å². The van der Waals surface area contributed by atoms with Crippen LogP contribution in [0.2, 0.25) is 0 Å². The van der Waals surface area contributed by atoms with Gasteiger partial charge in [0.1, 0.15) is 0 Å². The third-order valence-corrected chi connectivity index (χ3v) is 4.57. The molecule has 0 aliphatic carbocycles. The fourth-order valence-corrected chi connectivity index (χ4v) is 2.97. The van der Waals surface area contributed by atoms with Crippen molar-refractivity contribution in [2.24, 2.45) is 11.1 Å². The minimum absolute atomic E-state index is 0.103. The smallest absolute Gasteiger partial charge is 0.0710 e. The van der Waals surface area contributed by atoms with Gasteiger partial charge in [-0.25, -0.2) is 0 Å². The van der Waals surface area contributed by atoms with Crippen molar-refractivity contribution in [2.45, 2.75) is 58.2 Å². The minimum atomic E-state index is 0.103. The molecule has 2 saturated heterocycles. The van der Waals surface area contributed by atoms with Gasteiger partial charge in [-0.15, -0.1) is 0 Å². The molecule has 100 valence electrons. The fraction of sp³-hybridized carbons (Fsp3) is 1.00. The molecule has 2 rings (SSSR count). The zero-order valence-electron chi connectivity index (χ0n) is 11.7. The van der Waals surface area contributed by atoms with Gasteiger partial charge in [0.25, 0.3) is 0 Å². The monoisotopic (exact) mass is 240 g/mol. The molecule has 2 N–H and O–H groups in total. The van der Waals surface area contributed by atoms with Crippen LogP contribution in [0.25, 0.3) is 0 Å². The summed E-state index contributed by atoms with van der Waals surface area (Å²) in [5, 5.41) is 0. The Balaban J connectivity index is 1.75. The van der Waals surface area contributed by atoms with Crippen LogP contribution in [0.15, 0.2) is 0 Å². The average Bonchev–Trinajstić information content (AvgIpc) is 2.62. The van der Waals surface area contributed by atoms with Crippen LogP contribution in [0, 0.1) is 5.41 Å². The van der Waals surface area contributed by atoms with Gasteiger partial charge in [-0.2, -0.15) is 0 Å². The Morgan fingerprint density at radius 3 is 2.29 bits per heavy atom. The van der Waals surface area contributed by atoms with Crippen LogP contribution in [-0.2, 0) is 4.74 Å². The van der Waals surface area contributed by atoms with Gasteiger partial charge in [0.15, 0.2) is 0 Å². The van der Waals surface area contributed by atoms with Gasteiger partial charge in [-0.05, 0) is 64.6 Å². The van der Waals surface area contributed by atoms with Crippen LogP contribution in [0.5, 0.6) is 0 Å². The summed E-state index contributed by atoms with van der Waals surface area (Å²) in [5.74, 6) is 0. The molecule has 0 aromatic heterocycles. The van der Waals surface area contributed by atoms with E-state index in [-0.39, 0.29) is 5.60 Å². The first-order chi connectivity index (χ1) is 7.92. The van der Waals surface area contributed by atoms with Crippen LogP contribution in [0.1, 0.15) is 46.5 Å². The van der Waals surface area contributed by atoms with E-state index in [0.29, 0.717) is 11.5 Å². The molecule has 3 nitrogen and oxygen atoms in total. The number of hydrogen-bond acceptors (Lipinski definition) is 3. The van der Waals surface area contributed by atoms with Crippen molar-refractivity contribution in [2.75, 3.05) is 26.2 Å². The lowest BCUT2D eigenvalue weighted by Crippen LogP contribution is -2.44. The van der Waals surface area contributed by atoms with Gasteiger partial charge in [0.2, 0.25) is 0 Å². The first-order valence-electron chi connectivity index (χ1n) is 7.03. The normalized spacial score (nSPS) is 32.8. The average molecular weight is 240 g/mol. The molecule has 0 aromatic rings. The van der Waals surface area contributed by atoms with E-state index in [9.17, 15) is 0 Å². The van der Waals surface area contributed by atoms with Crippen molar-refractivity contribution in [3.8, 4) is 0 Å². The van der Waals surface area contributed by atoms with E-state index in [1.807, 2.05) is 0 Å². The van der Waals surface area contributed by atoms with Crippen LogP contribution in [0.4, 0.5) is 0 Å². The number of piperidine rings is 1. The maximum atomic E-state index is 6.06. The summed E-state index contributed by atoms with van der Waals surface area (Å²) in [7, 11) is 0. The van der Waals surface area contributed by atoms with E-state index in [0.717, 1.165) is 13.1 Å². The van der Waals surface area contributed by atoms with Crippen molar-refractivity contribution in [3.63, 3.8) is 0 Å². The number of rotatable bonds is 3. The van der Waals surface area contributed by atoms with Crippen molar-refractivity contribution in [1.82, 2.24) is 4.90 Å². The Bertz CT molecular complexity index is 257. The van der Waals surface area contributed by atoms with Gasteiger partial charge in [0.05, 0.1) is 11.7 Å². The molecule has 17 heavy (non-hydrogen) atoms. The lowest BCUT2D eigenvalue weighted by Gasteiger charge is -2.39. The summed E-state index contributed by atoms with van der Waals surface area (Å²) in [6, 6.07) is 0. The number of nitrogens with two attached hydrogens (primary N) is 1. The van der Waals surface area contributed by atoms with Crippen molar-refractivity contribution >= 4 is 0 Å². The van der Waals surface area contributed by atoms with Crippen molar-refractivity contribution < 1.29 is 4.74 Å². The maximum Gasteiger partial charge on any atom is 0.0710 e. The van der Waals surface area contributed by atoms with Crippen molar-refractivity contribution in [3.05, 3.63) is 0 Å². The Morgan fingerprint density at radius 2 is 1.82 bits per heavy atom. The van der Waals surface area contributed by atoms with Crippen LogP contribution in [-0.4, -0.2) is 42.8 Å². The molecular formula is C14H28N2O. The molecule has 1 unspecified atom stereocenters. The molecule has 0 saturated carbocycles. The zero-order valence-corrected chi connectivity index (χ0v) is 11.7. The maximum absolute atomic E-state index is 6.06. The molecule has 3 heteroatoms.